The first-order valence-corrected chi connectivity index (χ1v) is 14.7. The average Bonchev–Trinajstić information content (AvgIpc) is 3.68. The summed E-state index contributed by atoms with van der Waals surface area (Å²) in [7, 11) is 1.33. The van der Waals surface area contributed by atoms with E-state index in [0.717, 1.165) is 25.0 Å². The fourth-order valence-corrected chi connectivity index (χ4v) is 5.97. The van der Waals surface area contributed by atoms with Gasteiger partial charge in [-0.25, -0.2) is 18.4 Å². The number of carbonyl (C=O) groups is 3. The maximum atomic E-state index is 15.7. The molecule has 0 radical (unpaired) electrons. The summed E-state index contributed by atoms with van der Waals surface area (Å²) in [5, 5.41) is 23.4. The zero-order valence-corrected chi connectivity index (χ0v) is 25.0. The zero-order valence-electron chi connectivity index (χ0n) is 25.0. The molecule has 244 valence electrons. The van der Waals surface area contributed by atoms with Crippen LogP contribution in [0.5, 0.6) is 11.5 Å². The highest BCUT2D eigenvalue weighted by Gasteiger charge is 2.41. The van der Waals surface area contributed by atoms with Crippen LogP contribution in [0.4, 0.5) is 25.0 Å². The molecule has 46 heavy (non-hydrogen) atoms. The van der Waals surface area contributed by atoms with Crippen LogP contribution in [0.15, 0.2) is 35.3 Å². The number of nitrogens with one attached hydrogen (secondary N) is 1. The van der Waals surface area contributed by atoms with Gasteiger partial charge in [0.1, 0.15) is 29.6 Å². The first kappa shape index (κ1) is 31.1. The van der Waals surface area contributed by atoms with Gasteiger partial charge in [-0.1, -0.05) is 0 Å². The van der Waals surface area contributed by atoms with E-state index < -0.39 is 46.4 Å². The number of methoxy groups -OCH3 is 1. The lowest BCUT2D eigenvalue weighted by Gasteiger charge is -2.27. The highest BCUT2D eigenvalue weighted by Crippen LogP contribution is 2.45. The molecule has 2 unspecified atom stereocenters. The van der Waals surface area contributed by atoms with Crippen molar-refractivity contribution in [3.05, 3.63) is 57.9 Å². The summed E-state index contributed by atoms with van der Waals surface area (Å²) in [6.07, 6.45) is 1.63. The summed E-state index contributed by atoms with van der Waals surface area (Å²) < 4.78 is 48.9. The summed E-state index contributed by atoms with van der Waals surface area (Å²) in [5.41, 5.74) is -2.30. The van der Waals surface area contributed by atoms with Crippen molar-refractivity contribution in [3.63, 3.8) is 0 Å². The van der Waals surface area contributed by atoms with E-state index in [2.05, 4.69) is 5.32 Å². The van der Waals surface area contributed by atoms with Crippen molar-refractivity contribution in [2.75, 3.05) is 49.7 Å². The van der Waals surface area contributed by atoms with E-state index in [4.69, 9.17) is 14.2 Å². The fourth-order valence-electron chi connectivity index (χ4n) is 5.97. The van der Waals surface area contributed by atoms with Gasteiger partial charge in [-0.2, -0.15) is 0 Å². The van der Waals surface area contributed by atoms with Crippen molar-refractivity contribution in [3.8, 4) is 11.5 Å². The Labute approximate surface area is 260 Å². The van der Waals surface area contributed by atoms with Gasteiger partial charge in [0.15, 0.2) is 23.1 Å². The molecule has 0 bridgehead atoms. The van der Waals surface area contributed by atoms with Crippen LogP contribution < -0.4 is 30.0 Å². The van der Waals surface area contributed by atoms with Gasteiger partial charge in [-0.15, -0.1) is 0 Å². The third-order valence-corrected chi connectivity index (χ3v) is 8.40. The van der Waals surface area contributed by atoms with Crippen molar-refractivity contribution in [2.24, 2.45) is 0 Å². The van der Waals surface area contributed by atoms with Crippen molar-refractivity contribution in [2.45, 2.75) is 43.9 Å². The minimum atomic E-state index is -1.52. The molecule has 2 amide bonds. The van der Waals surface area contributed by atoms with Gasteiger partial charge < -0.3 is 39.2 Å². The highest BCUT2D eigenvalue weighted by molar-refractivity contribution is 5.97. The first-order chi connectivity index (χ1) is 21.9. The zero-order chi connectivity index (χ0) is 32.9. The van der Waals surface area contributed by atoms with E-state index in [1.54, 1.807) is 9.47 Å². The third-order valence-electron chi connectivity index (χ3n) is 8.40. The van der Waals surface area contributed by atoms with Gasteiger partial charge in [0.05, 0.1) is 43.3 Å². The molecule has 3 fully saturated rings. The van der Waals surface area contributed by atoms with Crippen LogP contribution >= 0.6 is 0 Å². The number of cyclic esters (lactones) is 1. The molecule has 1 aliphatic carbocycles. The number of carbonyl (C=O) groups excluding carboxylic acids is 2. The Kier molecular flexibility index (Phi) is 7.96. The van der Waals surface area contributed by atoms with Gasteiger partial charge in [0, 0.05) is 31.8 Å². The quantitative estimate of drug-likeness (QED) is 0.300. The van der Waals surface area contributed by atoms with Crippen LogP contribution in [0.1, 0.15) is 42.6 Å². The number of hydrogen-bond acceptors (Lipinski definition) is 9. The van der Waals surface area contributed by atoms with E-state index in [9.17, 15) is 29.4 Å². The number of aromatic nitrogens is 1. The van der Waals surface area contributed by atoms with Gasteiger partial charge >= 0.3 is 12.1 Å². The number of ether oxygens (including phenoxy) is 3. The molecular formula is C31H32F2N4O9. The summed E-state index contributed by atoms with van der Waals surface area (Å²) in [5.74, 6) is -3.41. The summed E-state index contributed by atoms with van der Waals surface area (Å²) in [4.78, 5) is 51.0. The molecule has 13 nitrogen and oxygen atoms in total. The maximum absolute atomic E-state index is 15.7. The summed E-state index contributed by atoms with van der Waals surface area (Å²) in [6, 6.07) is 4.83. The number of anilines is 2. The van der Waals surface area contributed by atoms with Crippen LogP contribution in [0.25, 0.3) is 10.9 Å². The first-order valence-electron chi connectivity index (χ1n) is 14.7. The number of carboxylic acid groups (broad SMARTS) is 1. The van der Waals surface area contributed by atoms with Gasteiger partial charge in [-0.05, 0) is 37.5 Å². The molecular weight excluding hydrogens is 610 g/mol. The second kappa shape index (κ2) is 11.8. The van der Waals surface area contributed by atoms with E-state index in [0.29, 0.717) is 0 Å². The van der Waals surface area contributed by atoms with Crippen LogP contribution in [0, 0.1) is 11.6 Å². The Morgan fingerprint density at radius 3 is 2.59 bits per heavy atom. The lowest BCUT2D eigenvalue weighted by atomic mass is 10.1. The lowest BCUT2D eigenvalue weighted by molar-refractivity contribution is -0.119. The molecule has 15 heteroatoms. The van der Waals surface area contributed by atoms with Gasteiger partial charge in [0.25, 0.3) is 0 Å². The topological polar surface area (TPSA) is 160 Å². The number of aliphatic hydroxyl groups is 1. The standard InChI is InChI=1S/C31H32F2N4O9/c1-16(38)34-11-19-12-37(30(42)46-19)18-5-6-24(22(32)9-18)45-15-31(43)7-8-35(14-31)26-23(33)10-20-25(28(26)44-2)36(17-3-4-17)13-21(27(20)39)29(40)41/h5-6,9-10,13,17,19,43H,3-4,7-8,11-12,14-15H2,1-2H3,(H,34,38)(H,40,41). The van der Waals surface area contributed by atoms with Crippen LogP contribution in [0.2, 0.25) is 0 Å². The number of aromatic carboxylic acids is 1. The Morgan fingerprint density at radius 1 is 1.17 bits per heavy atom. The van der Waals surface area contributed by atoms with E-state index in [1.807, 2.05) is 0 Å². The van der Waals surface area contributed by atoms with Crippen molar-refractivity contribution in [1.29, 1.82) is 0 Å². The number of halogens is 2. The smallest absolute Gasteiger partial charge is 0.414 e. The Hall–Kier alpha value is -4.92. The Balaban J connectivity index is 1.19. The number of hydrogen-bond donors (Lipinski definition) is 3. The van der Waals surface area contributed by atoms with Crippen molar-refractivity contribution in [1.82, 2.24) is 9.88 Å². The minimum Gasteiger partial charge on any atom is -0.492 e. The number of benzene rings is 2. The molecule has 6 rings (SSSR count). The second-order valence-electron chi connectivity index (χ2n) is 11.8. The number of β-amino-alcohol motifs (C(OH)–C–C–N with tert-alkyl or cyclic N) is 1. The van der Waals surface area contributed by atoms with E-state index >= 15 is 8.78 Å². The Morgan fingerprint density at radius 2 is 1.93 bits per heavy atom. The third kappa shape index (κ3) is 5.77. The number of amides is 2. The van der Waals surface area contributed by atoms with E-state index in [1.165, 1.54) is 37.3 Å². The predicted octanol–water partition coefficient (Wildman–Crippen LogP) is 2.80. The Bertz CT molecular complexity index is 1810. The van der Waals surface area contributed by atoms with E-state index in [-0.39, 0.29) is 84.9 Å². The maximum Gasteiger partial charge on any atom is 0.414 e. The van der Waals surface area contributed by atoms with Gasteiger partial charge in [0.2, 0.25) is 11.3 Å². The predicted molar refractivity (Wildman–Crippen MR) is 160 cm³/mol. The second-order valence-corrected chi connectivity index (χ2v) is 11.8. The van der Waals surface area contributed by atoms with Crippen molar-refractivity contribution >= 4 is 40.2 Å². The summed E-state index contributed by atoms with van der Waals surface area (Å²) >= 11 is 0. The van der Waals surface area contributed by atoms with Crippen LogP contribution in [-0.4, -0.2) is 84.4 Å². The molecule has 3 N–H and O–H groups in total. The number of carboxylic acids is 1. The van der Waals surface area contributed by atoms with Crippen molar-refractivity contribution < 1.29 is 47.6 Å². The lowest BCUT2D eigenvalue weighted by Crippen LogP contribution is -2.39. The van der Waals surface area contributed by atoms with Crippen LogP contribution in [-0.2, 0) is 9.53 Å². The molecule has 0 spiro atoms. The number of rotatable bonds is 10. The fraction of sp³-hybridized carbons (Fsp3) is 0.419. The number of nitrogens with zero attached hydrogens (tertiary/aromatic N) is 3. The monoisotopic (exact) mass is 642 g/mol. The highest BCUT2D eigenvalue weighted by atomic mass is 19.1. The molecule has 2 atom stereocenters. The average molecular weight is 643 g/mol. The molecule has 3 heterocycles. The molecule has 2 aliphatic heterocycles. The normalized spacial score (nSPS) is 21.1. The van der Waals surface area contributed by atoms with Gasteiger partial charge in [-0.3, -0.25) is 14.5 Å². The summed E-state index contributed by atoms with van der Waals surface area (Å²) in [6.45, 7) is 1.31. The van der Waals surface area contributed by atoms with Crippen LogP contribution in [0.3, 0.4) is 0 Å². The molecule has 3 aliphatic rings. The molecule has 3 aromatic rings. The number of pyridine rings is 1. The molecule has 2 aromatic carbocycles. The molecule has 2 saturated heterocycles. The molecule has 1 saturated carbocycles. The largest absolute Gasteiger partial charge is 0.492 e. The molecule has 1 aromatic heterocycles. The minimum absolute atomic E-state index is 0.00707. The number of fused-ring (bicyclic) bond motifs is 1. The SMILES string of the molecule is COc1c(N2CCC(O)(COc3ccc(N4CC(CNC(C)=O)OC4=O)cc3F)C2)c(F)cc2c(=O)c(C(=O)O)cn(C3CC3)c12.